The van der Waals surface area contributed by atoms with Crippen molar-refractivity contribution in [2.24, 2.45) is 0 Å². The lowest BCUT2D eigenvalue weighted by molar-refractivity contribution is 0.303. The largest absolute Gasteiger partial charge is 0.477 e. The van der Waals surface area contributed by atoms with Crippen molar-refractivity contribution >= 4 is 12.4 Å². The van der Waals surface area contributed by atoms with Gasteiger partial charge < -0.3 is 10.1 Å². The average Bonchev–Trinajstić information content (AvgIpc) is 3.41. The van der Waals surface area contributed by atoms with Crippen LogP contribution in [0, 0.1) is 6.92 Å². The summed E-state index contributed by atoms with van der Waals surface area (Å²) in [5.74, 6) is 2.39. The first-order valence-electron chi connectivity index (χ1n) is 9.08. The van der Waals surface area contributed by atoms with Gasteiger partial charge in [-0.25, -0.2) is 4.98 Å². The number of fused-ring (bicyclic) bond motifs is 1. The Morgan fingerprint density at radius 1 is 1.16 bits per heavy atom. The van der Waals surface area contributed by atoms with E-state index in [4.69, 9.17) is 14.7 Å². The summed E-state index contributed by atoms with van der Waals surface area (Å²) in [6, 6.07) is 8.63. The van der Waals surface area contributed by atoms with Crippen LogP contribution in [0.15, 0.2) is 24.3 Å². The Kier molecular flexibility index (Phi) is 5.92. The van der Waals surface area contributed by atoms with E-state index in [2.05, 4.69) is 36.5 Å². The van der Waals surface area contributed by atoms with Crippen molar-refractivity contribution in [3.63, 3.8) is 0 Å². The lowest BCUT2D eigenvalue weighted by Gasteiger charge is -2.14. The van der Waals surface area contributed by atoms with E-state index in [-0.39, 0.29) is 12.4 Å². The van der Waals surface area contributed by atoms with Gasteiger partial charge in [0.05, 0.1) is 12.3 Å². The van der Waals surface area contributed by atoms with Gasteiger partial charge in [-0.05, 0) is 38.3 Å². The second-order valence-corrected chi connectivity index (χ2v) is 6.92. The third kappa shape index (κ3) is 4.50. The number of benzene rings is 1. The molecule has 5 heteroatoms. The van der Waals surface area contributed by atoms with Crippen LogP contribution in [0.3, 0.4) is 0 Å². The second-order valence-electron chi connectivity index (χ2n) is 6.92. The second kappa shape index (κ2) is 8.15. The third-order valence-electron chi connectivity index (χ3n) is 4.82. The number of hydrogen-bond donors (Lipinski definition) is 1. The number of halogens is 1. The van der Waals surface area contributed by atoms with E-state index in [9.17, 15) is 0 Å². The maximum Gasteiger partial charge on any atom is 0.220 e. The van der Waals surface area contributed by atoms with Gasteiger partial charge in [-0.15, -0.1) is 12.4 Å². The van der Waals surface area contributed by atoms with E-state index in [1.54, 1.807) is 0 Å². The van der Waals surface area contributed by atoms with E-state index < -0.39 is 0 Å². The summed E-state index contributed by atoms with van der Waals surface area (Å²) in [6.45, 7) is 4.78. The van der Waals surface area contributed by atoms with E-state index in [1.807, 2.05) is 0 Å². The highest BCUT2D eigenvalue weighted by molar-refractivity contribution is 5.85. The Hall–Kier alpha value is -1.65. The van der Waals surface area contributed by atoms with Crippen LogP contribution < -0.4 is 10.1 Å². The maximum atomic E-state index is 6.14. The highest BCUT2D eigenvalue weighted by Gasteiger charge is 2.29. The highest BCUT2D eigenvalue weighted by Crippen LogP contribution is 2.39. The smallest absolute Gasteiger partial charge is 0.220 e. The molecule has 2 aliphatic rings. The summed E-state index contributed by atoms with van der Waals surface area (Å²) in [4.78, 5) is 9.62. The van der Waals surface area contributed by atoms with Gasteiger partial charge in [0.25, 0.3) is 0 Å². The van der Waals surface area contributed by atoms with Gasteiger partial charge in [-0.1, -0.05) is 29.8 Å². The molecule has 1 aliphatic carbocycles. The Bertz CT molecular complexity index is 731. The molecule has 1 aliphatic heterocycles. The fourth-order valence-electron chi connectivity index (χ4n) is 3.31. The predicted octanol–water partition coefficient (Wildman–Crippen LogP) is 3.39. The van der Waals surface area contributed by atoms with E-state index >= 15 is 0 Å². The normalized spacial score (nSPS) is 16.5. The summed E-state index contributed by atoms with van der Waals surface area (Å²) >= 11 is 0. The molecular formula is C20H26ClN3O. The van der Waals surface area contributed by atoms with Crippen LogP contribution in [0.1, 0.15) is 47.0 Å². The zero-order chi connectivity index (χ0) is 16.4. The minimum absolute atomic E-state index is 0. The van der Waals surface area contributed by atoms with Crippen molar-refractivity contribution in [2.45, 2.75) is 44.9 Å². The van der Waals surface area contributed by atoms with Crippen LogP contribution in [0.4, 0.5) is 0 Å². The Balaban J connectivity index is 0.00000182. The maximum absolute atomic E-state index is 6.14. The van der Waals surface area contributed by atoms with Crippen molar-refractivity contribution in [1.82, 2.24) is 15.3 Å². The molecule has 134 valence electrons. The molecule has 0 saturated heterocycles. The molecule has 1 saturated carbocycles. The zero-order valence-electron chi connectivity index (χ0n) is 14.8. The molecular weight excluding hydrogens is 334 g/mol. The van der Waals surface area contributed by atoms with Crippen LogP contribution in [-0.2, 0) is 19.3 Å². The minimum atomic E-state index is 0. The molecule has 0 amide bonds. The molecule has 1 aromatic heterocycles. The Morgan fingerprint density at radius 3 is 2.80 bits per heavy atom. The summed E-state index contributed by atoms with van der Waals surface area (Å²) in [7, 11) is 0. The van der Waals surface area contributed by atoms with Crippen LogP contribution in [0.5, 0.6) is 5.88 Å². The summed E-state index contributed by atoms with van der Waals surface area (Å²) in [5, 5.41) is 3.45. The standard InChI is InChI=1S/C20H25N3O.ClH/c1-14-3-2-4-15(13-14)9-12-24-20-17-7-10-21-11-8-18(17)22-19(23-20)16-5-6-16;/h2-4,13,16,21H,5-12H2,1H3;1H. The van der Waals surface area contributed by atoms with Crippen LogP contribution in [0.25, 0.3) is 0 Å². The average molecular weight is 360 g/mol. The SMILES string of the molecule is Cc1cccc(CCOc2nc(C3CC3)nc3c2CCNCC3)c1.Cl. The molecule has 0 atom stereocenters. The van der Waals surface area contributed by atoms with Crippen molar-refractivity contribution in [1.29, 1.82) is 0 Å². The molecule has 0 bridgehead atoms. The molecule has 25 heavy (non-hydrogen) atoms. The molecule has 1 N–H and O–H groups in total. The van der Waals surface area contributed by atoms with Gasteiger partial charge in [0.2, 0.25) is 5.88 Å². The van der Waals surface area contributed by atoms with Gasteiger partial charge in [0, 0.05) is 30.9 Å². The highest BCUT2D eigenvalue weighted by atomic mass is 35.5. The molecule has 2 heterocycles. The first-order valence-corrected chi connectivity index (χ1v) is 9.08. The Labute approximate surface area is 155 Å². The van der Waals surface area contributed by atoms with E-state index in [0.29, 0.717) is 12.5 Å². The van der Waals surface area contributed by atoms with Gasteiger partial charge >= 0.3 is 0 Å². The number of nitrogens with one attached hydrogen (secondary N) is 1. The van der Waals surface area contributed by atoms with Gasteiger partial charge in [-0.2, -0.15) is 4.98 Å². The van der Waals surface area contributed by atoms with E-state index in [1.165, 1.54) is 35.2 Å². The van der Waals surface area contributed by atoms with Crippen LogP contribution >= 0.6 is 12.4 Å². The van der Waals surface area contributed by atoms with Crippen LogP contribution in [-0.4, -0.2) is 29.7 Å². The lowest BCUT2D eigenvalue weighted by atomic mass is 10.1. The van der Waals surface area contributed by atoms with Gasteiger partial charge in [0.1, 0.15) is 5.82 Å². The number of nitrogens with zero attached hydrogens (tertiary/aromatic N) is 2. The van der Waals surface area contributed by atoms with E-state index in [0.717, 1.165) is 44.1 Å². The minimum Gasteiger partial charge on any atom is -0.477 e. The van der Waals surface area contributed by atoms with Gasteiger partial charge in [-0.3, -0.25) is 0 Å². The molecule has 0 unspecified atom stereocenters. The number of hydrogen-bond acceptors (Lipinski definition) is 4. The molecule has 2 aromatic rings. The first-order chi connectivity index (χ1) is 11.8. The summed E-state index contributed by atoms with van der Waals surface area (Å²) in [6.07, 6.45) is 5.29. The number of rotatable bonds is 5. The molecule has 0 spiro atoms. The number of aromatic nitrogens is 2. The molecule has 4 nitrogen and oxygen atoms in total. The lowest BCUT2D eigenvalue weighted by Crippen LogP contribution is -2.16. The molecule has 0 radical (unpaired) electrons. The fraction of sp³-hybridized carbons (Fsp3) is 0.500. The van der Waals surface area contributed by atoms with Crippen molar-refractivity contribution in [3.8, 4) is 5.88 Å². The molecule has 1 aromatic carbocycles. The van der Waals surface area contributed by atoms with Crippen LogP contribution in [0.2, 0.25) is 0 Å². The van der Waals surface area contributed by atoms with Crippen molar-refractivity contribution < 1.29 is 4.74 Å². The van der Waals surface area contributed by atoms with Crippen molar-refractivity contribution in [2.75, 3.05) is 19.7 Å². The number of aryl methyl sites for hydroxylation is 1. The number of ether oxygens (including phenoxy) is 1. The summed E-state index contributed by atoms with van der Waals surface area (Å²) < 4.78 is 6.14. The third-order valence-corrected chi connectivity index (χ3v) is 4.82. The first kappa shape index (κ1) is 18.2. The Morgan fingerprint density at radius 2 is 2.00 bits per heavy atom. The zero-order valence-corrected chi connectivity index (χ0v) is 15.6. The fourth-order valence-corrected chi connectivity index (χ4v) is 3.31. The quantitative estimate of drug-likeness (QED) is 0.888. The summed E-state index contributed by atoms with van der Waals surface area (Å²) in [5.41, 5.74) is 5.03. The predicted molar refractivity (Wildman–Crippen MR) is 102 cm³/mol. The van der Waals surface area contributed by atoms with Gasteiger partial charge in [0.15, 0.2) is 0 Å². The van der Waals surface area contributed by atoms with Crippen molar-refractivity contribution in [3.05, 3.63) is 52.5 Å². The monoisotopic (exact) mass is 359 g/mol. The molecule has 4 rings (SSSR count). The topological polar surface area (TPSA) is 47.0 Å². The molecule has 1 fully saturated rings.